The third kappa shape index (κ3) is 6.04. The van der Waals surface area contributed by atoms with Gasteiger partial charge >= 0.3 is 5.97 Å². The average molecular weight is 539 g/mol. The number of ketones is 1. The van der Waals surface area contributed by atoms with Crippen molar-refractivity contribution in [1.29, 1.82) is 0 Å². The van der Waals surface area contributed by atoms with Gasteiger partial charge < -0.3 is 4.74 Å². The number of piperidine rings is 1. The molecular formula is C27H20Cl2N2O6. The number of rotatable bonds is 7. The van der Waals surface area contributed by atoms with Crippen LogP contribution in [0.15, 0.2) is 72.8 Å². The van der Waals surface area contributed by atoms with Crippen molar-refractivity contribution >= 4 is 52.7 Å². The van der Waals surface area contributed by atoms with Crippen molar-refractivity contribution in [1.82, 2.24) is 10.0 Å². The Kier molecular flexibility index (Phi) is 8.01. The molecule has 0 N–H and O–H groups in total. The maximum absolute atomic E-state index is 13.3. The number of amides is 3. The van der Waals surface area contributed by atoms with E-state index in [2.05, 4.69) is 0 Å². The molecule has 4 rings (SSSR count). The van der Waals surface area contributed by atoms with Gasteiger partial charge in [-0.1, -0.05) is 41.4 Å². The van der Waals surface area contributed by atoms with Crippen LogP contribution in [0.3, 0.4) is 0 Å². The number of halogens is 2. The Hall–Kier alpha value is -4.01. The first-order valence-corrected chi connectivity index (χ1v) is 12.0. The molecular weight excluding hydrogens is 519 g/mol. The van der Waals surface area contributed by atoms with E-state index in [0.29, 0.717) is 12.0 Å². The minimum atomic E-state index is -0.760. The monoisotopic (exact) mass is 538 g/mol. The Bertz CT molecular complexity index is 1360. The van der Waals surface area contributed by atoms with Gasteiger partial charge in [-0.25, -0.2) is 9.80 Å². The molecule has 0 atom stereocenters. The largest absolute Gasteiger partial charge is 0.423 e. The van der Waals surface area contributed by atoms with Crippen molar-refractivity contribution in [3.63, 3.8) is 0 Å². The fraction of sp³-hybridized carbons (Fsp3) is 0.148. The highest BCUT2D eigenvalue weighted by Crippen LogP contribution is 2.25. The molecule has 0 aromatic heterocycles. The van der Waals surface area contributed by atoms with Crippen LogP contribution in [0.5, 0.6) is 5.75 Å². The Morgan fingerprint density at radius 1 is 0.784 bits per heavy atom. The minimum absolute atomic E-state index is 0.0524. The number of carbonyl (C=O) groups excluding carboxylic acids is 5. The predicted octanol–water partition coefficient (Wildman–Crippen LogP) is 4.99. The molecule has 1 aliphatic rings. The lowest BCUT2D eigenvalue weighted by Gasteiger charge is -2.35. The maximum Gasteiger partial charge on any atom is 0.343 e. The standard InChI is InChI=1S/C27H20Cl2N2O6/c28-21-14-11-19(15-22(21)29)26(35)30(31-24(33)7-4-8-25(31)34)16-23(32)17-9-12-20(13-10-17)37-27(36)18-5-2-1-3-6-18/h1-3,5-6,9-15H,4,7-8,16H2. The highest BCUT2D eigenvalue weighted by atomic mass is 35.5. The number of hydrogen-bond acceptors (Lipinski definition) is 6. The number of carbonyl (C=O) groups is 5. The topological polar surface area (TPSA) is 101 Å². The SMILES string of the molecule is O=C(CN(C(=O)c1ccc(Cl)c(Cl)c1)N1C(=O)CCCC1=O)c1ccc(OC(=O)c2ccccc2)cc1. The molecule has 0 bridgehead atoms. The fourth-order valence-corrected chi connectivity index (χ4v) is 4.00. The lowest BCUT2D eigenvalue weighted by molar-refractivity contribution is -0.162. The molecule has 0 aliphatic carbocycles. The summed E-state index contributed by atoms with van der Waals surface area (Å²) in [5, 5.41) is 1.88. The van der Waals surface area contributed by atoms with Crippen molar-refractivity contribution in [2.45, 2.75) is 19.3 Å². The van der Waals surface area contributed by atoms with E-state index < -0.39 is 36.0 Å². The Labute approximate surface area is 222 Å². The van der Waals surface area contributed by atoms with Gasteiger partial charge in [0.1, 0.15) is 12.3 Å². The van der Waals surface area contributed by atoms with E-state index in [-0.39, 0.29) is 39.8 Å². The molecule has 3 aromatic carbocycles. The van der Waals surface area contributed by atoms with Gasteiger partial charge in [-0.15, -0.1) is 0 Å². The van der Waals surface area contributed by atoms with Gasteiger partial charge in [-0.2, -0.15) is 5.01 Å². The van der Waals surface area contributed by atoms with E-state index in [0.717, 1.165) is 10.0 Å². The van der Waals surface area contributed by atoms with Gasteiger partial charge in [0.2, 0.25) is 11.8 Å². The Morgan fingerprint density at radius 2 is 1.41 bits per heavy atom. The van der Waals surface area contributed by atoms with Crippen molar-refractivity contribution in [2.24, 2.45) is 0 Å². The molecule has 3 amide bonds. The van der Waals surface area contributed by atoms with Crippen molar-refractivity contribution in [3.05, 3.63) is 99.5 Å². The molecule has 0 spiro atoms. The first-order chi connectivity index (χ1) is 17.7. The molecule has 1 fully saturated rings. The lowest BCUT2D eigenvalue weighted by atomic mass is 10.1. The van der Waals surface area contributed by atoms with Crippen LogP contribution in [0.2, 0.25) is 10.0 Å². The lowest BCUT2D eigenvalue weighted by Crippen LogP contribution is -2.56. The molecule has 0 radical (unpaired) electrons. The summed E-state index contributed by atoms with van der Waals surface area (Å²) < 4.78 is 5.32. The molecule has 188 valence electrons. The van der Waals surface area contributed by atoms with Gasteiger partial charge in [-0.3, -0.25) is 19.2 Å². The molecule has 1 saturated heterocycles. The fourth-order valence-electron chi connectivity index (χ4n) is 3.70. The number of ether oxygens (including phenoxy) is 1. The highest BCUT2D eigenvalue weighted by Gasteiger charge is 2.36. The first-order valence-electron chi connectivity index (χ1n) is 11.3. The van der Waals surface area contributed by atoms with E-state index in [9.17, 15) is 24.0 Å². The average Bonchev–Trinajstić information content (AvgIpc) is 2.90. The zero-order valence-electron chi connectivity index (χ0n) is 19.4. The summed E-state index contributed by atoms with van der Waals surface area (Å²) in [5.41, 5.74) is 0.606. The van der Waals surface area contributed by atoms with Crippen molar-refractivity contribution < 1.29 is 28.7 Å². The van der Waals surface area contributed by atoms with Crippen molar-refractivity contribution in [2.75, 3.05) is 6.54 Å². The third-order valence-corrected chi connectivity index (χ3v) is 6.32. The number of hydrazine groups is 1. The van der Waals surface area contributed by atoms with Crippen LogP contribution in [0.25, 0.3) is 0 Å². The number of nitrogens with zero attached hydrogens (tertiary/aromatic N) is 2. The van der Waals surface area contributed by atoms with Crippen LogP contribution in [-0.2, 0) is 9.59 Å². The van der Waals surface area contributed by atoms with Crippen molar-refractivity contribution in [3.8, 4) is 5.75 Å². The molecule has 3 aromatic rings. The number of benzene rings is 3. The number of hydrogen-bond donors (Lipinski definition) is 0. The van der Waals surface area contributed by atoms with E-state index >= 15 is 0 Å². The minimum Gasteiger partial charge on any atom is -0.423 e. The molecule has 0 unspecified atom stereocenters. The molecule has 8 nitrogen and oxygen atoms in total. The van der Waals surface area contributed by atoms with E-state index in [1.165, 1.54) is 42.5 Å². The summed E-state index contributed by atoms with van der Waals surface area (Å²) >= 11 is 12.0. The predicted molar refractivity (Wildman–Crippen MR) is 135 cm³/mol. The zero-order valence-corrected chi connectivity index (χ0v) is 20.9. The van der Waals surface area contributed by atoms with Crippen LogP contribution in [0.1, 0.15) is 50.3 Å². The molecule has 1 heterocycles. The smallest absolute Gasteiger partial charge is 0.343 e. The van der Waals surface area contributed by atoms with Crippen LogP contribution < -0.4 is 4.74 Å². The molecule has 37 heavy (non-hydrogen) atoms. The van der Waals surface area contributed by atoms with E-state index in [1.54, 1.807) is 30.3 Å². The zero-order chi connectivity index (χ0) is 26.5. The number of imide groups is 1. The van der Waals surface area contributed by atoms with Crippen LogP contribution in [0.4, 0.5) is 0 Å². The van der Waals surface area contributed by atoms with Crippen LogP contribution in [-0.4, -0.2) is 46.0 Å². The summed E-state index contributed by atoms with van der Waals surface area (Å²) in [5.74, 6) is -2.80. The number of Topliss-reactive ketones (excluding diaryl/α,β-unsaturated/α-hetero) is 1. The second kappa shape index (κ2) is 11.4. The van der Waals surface area contributed by atoms with Crippen LogP contribution >= 0.6 is 23.2 Å². The third-order valence-electron chi connectivity index (χ3n) is 5.59. The van der Waals surface area contributed by atoms with Gasteiger partial charge in [0.15, 0.2) is 5.78 Å². The van der Waals surface area contributed by atoms with Gasteiger partial charge in [-0.05, 0) is 61.0 Å². The normalized spacial score (nSPS) is 13.3. The quantitative estimate of drug-likeness (QED) is 0.182. The summed E-state index contributed by atoms with van der Waals surface area (Å²) in [7, 11) is 0. The van der Waals surface area contributed by atoms with E-state index in [1.807, 2.05) is 0 Å². The molecule has 1 aliphatic heterocycles. The van der Waals surface area contributed by atoms with E-state index in [4.69, 9.17) is 27.9 Å². The summed E-state index contributed by atoms with van der Waals surface area (Å²) in [6, 6.07) is 18.3. The highest BCUT2D eigenvalue weighted by molar-refractivity contribution is 6.42. The van der Waals surface area contributed by atoms with Gasteiger partial charge in [0, 0.05) is 24.0 Å². The van der Waals surface area contributed by atoms with Crippen LogP contribution in [0, 0.1) is 0 Å². The summed E-state index contributed by atoms with van der Waals surface area (Å²) in [4.78, 5) is 63.9. The molecule has 0 saturated carbocycles. The van der Waals surface area contributed by atoms with Gasteiger partial charge in [0.05, 0.1) is 15.6 Å². The Balaban J connectivity index is 1.55. The summed E-state index contributed by atoms with van der Waals surface area (Å²) in [6.07, 6.45) is 0.485. The van der Waals surface area contributed by atoms with Gasteiger partial charge in [0.25, 0.3) is 5.91 Å². The first kappa shape index (κ1) is 26.1. The number of esters is 1. The molecule has 10 heteroatoms. The Morgan fingerprint density at radius 3 is 2.03 bits per heavy atom. The summed E-state index contributed by atoms with van der Waals surface area (Å²) in [6.45, 7) is -0.584. The second-order valence-corrected chi connectivity index (χ2v) is 8.96. The maximum atomic E-state index is 13.3. The second-order valence-electron chi connectivity index (χ2n) is 8.15.